The Bertz CT molecular complexity index is 414. The first kappa shape index (κ1) is 25.7. The summed E-state index contributed by atoms with van der Waals surface area (Å²) in [7, 11) is 0. The van der Waals surface area contributed by atoms with Crippen LogP contribution < -0.4 is 10.6 Å². The molecule has 0 atom stereocenters. The first-order valence-electron chi connectivity index (χ1n) is 10.8. The van der Waals surface area contributed by atoms with Crippen molar-refractivity contribution in [3.8, 4) is 0 Å². The maximum absolute atomic E-state index is 12.3. The standard InChI is InChI=1S/C22H44N2O3/c1-7-8-9-10-11-12-13-14-15-16-17-23-19(25)22(5,6)18-24-20(26)27-21(2,3)4/h7-18H2,1-6H3,(H,23,25)(H,24,26). The highest BCUT2D eigenvalue weighted by atomic mass is 16.6. The Morgan fingerprint density at radius 3 is 1.70 bits per heavy atom. The van der Waals surface area contributed by atoms with Gasteiger partial charge in [-0.15, -0.1) is 0 Å². The highest BCUT2D eigenvalue weighted by Crippen LogP contribution is 2.15. The number of unbranched alkanes of at least 4 members (excludes halogenated alkanes) is 9. The van der Waals surface area contributed by atoms with Crippen LogP contribution in [0.15, 0.2) is 0 Å². The minimum atomic E-state index is -0.657. The molecule has 27 heavy (non-hydrogen) atoms. The van der Waals surface area contributed by atoms with Crippen molar-refractivity contribution in [3.63, 3.8) is 0 Å². The number of carbonyl (C=O) groups excluding carboxylic acids is 2. The molecule has 0 spiro atoms. The van der Waals surface area contributed by atoms with Gasteiger partial charge in [0.05, 0.1) is 5.41 Å². The summed E-state index contributed by atoms with van der Waals surface area (Å²) < 4.78 is 5.20. The lowest BCUT2D eigenvalue weighted by Crippen LogP contribution is -2.46. The minimum Gasteiger partial charge on any atom is -0.444 e. The number of nitrogens with one attached hydrogen (secondary N) is 2. The zero-order chi connectivity index (χ0) is 20.8. The monoisotopic (exact) mass is 384 g/mol. The fourth-order valence-electron chi connectivity index (χ4n) is 2.74. The maximum Gasteiger partial charge on any atom is 0.407 e. The SMILES string of the molecule is CCCCCCCCCCCCNC(=O)C(C)(C)CNC(=O)OC(C)(C)C. The van der Waals surface area contributed by atoms with Gasteiger partial charge in [-0.1, -0.05) is 64.7 Å². The Morgan fingerprint density at radius 2 is 1.22 bits per heavy atom. The van der Waals surface area contributed by atoms with Crippen LogP contribution in [0.25, 0.3) is 0 Å². The van der Waals surface area contributed by atoms with Crippen LogP contribution in [-0.2, 0) is 9.53 Å². The topological polar surface area (TPSA) is 67.4 Å². The van der Waals surface area contributed by atoms with Crippen molar-refractivity contribution in [1.82, 2.24) is 10.6 Å². The second kappa shape index (κ2) is 13.8. The molecule has 0 aliphatic heterocycles. The summed E-state index contributed by atoms with van der Waals surface area (Å²) in [5.74, 6) is -0.0329. The fourth-order valence-corrected chi connectivity index (χ4v) is 2.74. The molecule has 0 fully saturated rings. The second-order valence-electron chi connectivity index (χ2n) is 9.18. The molecule has 0 bridgehead atoms. The van der Waals surface area contributed by atoms with Gasteiger partial charge in [-0.3, -0.25) is 4.79 Å². The number of hydrogen-bond donors (Lipinski definition) is 2. The Kier molecular flexibility index (Phi) is 13.2. The molecule has 160 valence electrons. The van der Waals surface area contributed by atoms with Crippen molar-refractivity contribution in [2.45, 2.75) is 111 Å². The summed E-state index contributed by atoms with van der Waals surface area (Å²) in [5.41, 5.74) is -1.19. The zero-order valence-corrected chi connectivity index (χ0v) is 18.7. The van der Waals surface area contributed by atoms with E-state index in [1.807, 2.05) is 34.6 Å². The van der Waals surface area contributed by atoms with Crippen molar-refractivity contribution >= 4 is 12.0 Å². The minimum absolute atomic E-state index is 0.0329. The Hall–Kier alpha value is -1.26. The summed E-state index contributed by atoms with van der Waals surface area (Å²) in [6, 6.07) is 0. The average molecular weight is 385 g/mol. The van der Waals surface area contributed by atoms with Gasteiger partial charge in [-0.05, 0) is 41.0 Å². The molecular formula is C22H44N2O3. The highest BCUT2D eigenvalue weighted by molar-refractivity contribution is 5.82. The van der Waals surface area contributed by atoms with Gasteiger partial charge >= 0.3 is 6.09 Å². The maximum atomic E-state index is 12.3. The lowest BCUT2D eigenvalue weighted by Gasteiger charge is -2.25. The van der Waals surface area contributed by atoms with Gasteiger partial charge in [0, 0.05) is 13.1 Å². The molecule has 0 saturated heterocycles. The number of rotatable bonds is 14. The smallest absolute Gasteiger partial charge is 0.407 e. The normalized spacial score (nSPS) is 11.9. The molecule has 5 nitrogen and oxygen atoms in total. The van der Waals surface area contributed by atoms with Crippen LogP contribution in [0.1, 0.15) is 106 Å². The van der Waals surface area contributed by atoms with Gasteiger partial charge in [0.2, 0.25) is 5.91 Å². The molecule has 0 heterocycles. The Morgan fingerprint density at radius 1 is 0.741 bits per heavy atom. The molecule has 0 unspecified atom stereocenters. The van der Waals surface area contributed by atoms with Gasteiger partial charge in [0.15, 0.2) is 0 Å². The lowest BCUT2D eigenvalue weighted by molar-refractivity contribution is -0.129. The van der Waals surface area contributed by atoms with Gasteiger partial charge in [-0.25, -0.2) is 4.79 Å². The Labute approximate surface area is 167 Å². The van der Waals surface area contributed by atoms with Crippen molar-refractivity contribution < 1.29 is 14.3 Å². The molecular weight excluding hydrogens is 340 g/mol. The molecule has 0 rings (SSSR count). The van der Waals surface area contributed by atoms with E-state index in [1.165, 1.54) is 51.4 Å². The van der Waals surface area contributed by atoms with E-state index in [4.69, 9.17) is 4.74 Å². The molecule has 2 amide bonds. The lowest BCUT2D eigenvalue weighted by atomic mass is 9.92. The summed E-state index contributed by atoms with van der Waals surface area (Å²) >= 11 is 0. The van der Waals surface area contributed by atoms with Crippen molar-refractivity contribution in [2.24, 2.45) is 5.41 Å². The van der Waals surface area contributed by atoms with E-state index < -0.39 is 17.1 Å². The van der Waals surface area contributed by atoms with E-state index in [1.54, 1.807) is 0 Å². The third-order valence-corrected chi connectivity index (χ3v) is 4.50. The second-order valence-corrected chi connectivity index (χ2v) is 9.18. The molecule has 0 aromatic heterocycles. The summed E-state index contributed by atoms with van der Waals surface area (Å²) in [4.78, 5) is 24.0. The molecule has 0 radical (unpaired) electrons. The third kappa shape index (κ3) is 15.5. The van der Waals surface area contributed by atoms with E-state index in [-0.39, 0.29) is 12.5 Å². The number of alkyl carbamates (subject to hydrolysis) is 1. The summed E-state index contributed by atoms with van der Waals surface area (Å²) in [5, 5.41) is 5.67. The fraction of sp³-hybridized carbons (Fsp3) is 0.909. The summed E-state index contributed by atoms with van der Waals surface area (Å²) in [6.45, 7) is 12.3. The van der Waals surface area contributed by atoms with Crippen LogP contribution in [0.2, 0.25) is 0 Å². The predicted octanol–water partition coefficient (Wildman–Crippen LogP) is 5.57. The quantitative estimate of drug-likeness (QED) is 0.384. The summed E-state index contributed by atoms with van der Waals surface area (Å²) in [6.07, 6.45) is 12.3. The van der Waals surface area contributed by atoms with Crippen LogP contribution in [0.3, 0.4) is 0 Å². The highest BCUT2D eigenvalue weighted by Gasteiger charge is 2.28. The number of carbonyl (C=O) groups is 2. The number of ether oxygens (including phenoxy) is 1. The van der Waals surface area contributed by atoms with Crippen LogP contribution >= 0.6 is 0 Å². The largest absolute Gasteiger partial charge is 0.444 e. The number of amides is 2. The molecule has 2 N–H and O–H groups in total. The first-order chi connectivity index (χ1) is 12.6. The van der Waals surface area contributed by atoms with Crippen LogP contribution in [0.4, 0.5) is 4.79 Å². The van der Waals surface area contributed by atoms with Crippen LogP contribution in [0.5, 0.6) is 0 Å². The Balaban J connectivity index is 3.74. The molecule has 0 aromatic rings. The van der Waals surface area contributed by atoms with Crippen molar-refractivity contribution in [2.75, 3.05) is 13.1 Å². The molecule has 0 aromatic carbocycles. The predicted molar refractivity (Wildman–Crippen MR) is 113 cm³/mol. The van der Waals surface area contributed by atoms with Gasteiger partial charge < -0.3 is 15.4 Å². The average Bonchev–Trinajstić information content (AvgIpc) is 2.56. The molecule has 0 aliphatic rings. The molecule has 0 aliphatic carbocycles. The molecule has 0 saturated carbocycles. The van der Waals surface area contributed by atoms with E-state index in [2.05, 4.69) is 17.6 Å². The van der Waals surface area contributed by atoms with Gasteiger partial charge in [-0.2, -0.15) is 0 Å². The first-order valence-corrected chi connectivity index (χ1v) is 10.8. The van der Waals surface area contributed by atoms with Gasteiger partial charge in [0.1, 0.15) is 5.60 Å². The van der Waals surface area contributed by atoms with Crippen LogP contribution in [0, 0.1) is 5.41 Å². The van der Waals surface area contributed by atoms with Crippen LogP contribution in [-0.4, -0.2) is 30.7 Å². The van der Waals surface area contributed by atoms with Gasteiger partial charge in [0.25, 0.3) is 0 Å². The van der Waals surface area contributed by atoms with E-state index in [9.17, 15) is 9.59 Å². The molecule has 5 heteroatoms. The van der Waals surface area contributed by atoms with Crippen molar-refractivity contribution in [1.29, 1.82) is 0 Å². The van der Waals surface area contributed by atoms with E-state index in [0.717, 1.165) is 12.8 Å². The third-order valence-electron chi connectivity index (χ3n) is 4.50. The zero-order valence-electron chi connectivity index (χ0n) is 18.7. The van der Waals surface area contributed by atoms with E-state index in [0.29, 0.717) is 6.54 Å². The van der Waals surface area contributed by atoms with Crippen molar-refractivity contribution in [3.05, 3.63) is 0 Å². The van der Waals surface area contributed by atoms with E-state index >= 15 is 0 Å². The number of hydrogen-bond acceptors (Lipinski definition) is 3.